The molecule has 0 fully saturated rings. The first-order valence-corrected chi connectivity index (χ1v) is 4.03. The molecule has 0 amide bonds. The van der Waals surface area contributed by atoms with Gasteiger partial charge in [-0.05, 0) is 12.1 Å². The van der Waals surface area contributed by atoms with Gasteiger partial charge in [-0.3, -0.25) is 0 Å². The van der Waals surface area contributed by atoms with Crippen LogP contribution in [0.3, 0.4) is 0 Å². The summed E-state index contributed by atoms with van der Waals surface area (Å²) >= 11 is 0. The molecule has 0 aliphatic heterocycles. The maximum atomic E-state index is 11.0. The Balaban J connectivity index is 2.49. The molecule has 0 saturated carbocycles. The fourth-order valence-corrected chi connectivity index (χ4v) is 1.10. The molecule has 5 heteroatoms. The Labute approximate surface area is 80.4 Å². The van der Waals surface area contributed by atoms with Crippen molar-refractivity contribution in [3.8, 4) is 11.4 Å². The standard InChI is InChI=1S/C9H8N4O/c10-8-3-4-11-9(12-8)7-2-1-5-13(14)6-7/h1-6H,(H2,10,11,12). The number of pyridine rings is 1. The van der Waals surface area contributed by atoms with Crippen molar-refractivity contribution in [2.45, 2.75) is 0 Å². The summed E-state index contributed by atoms with van der Waals surface area (Å²) in [6.45, 7) is 0. The Bertz CT molecular complexity index is 415. The summed E-state index contributed by atoms with van der Waals surface area (Å²) in [5.41, 5.74) is 6.15. The van der Waals surface area contributed by atoms with E-state index < -0.39 is 0 Å². The van der Waals surface area contributed by atoms with Crippen LogP contribution in [0.4, 0.5) is 5.82 Å². The summed E-state index contributed by atoms with van der Waals surface area (Å²) in [5.74, 6) is 0.839. The van der Waals surface area contributed by atoms with Crippen molar-refractivity contribution in [3.05, 3.63) is 42.0 Å². The van der Waals surface area contributed by atoms with Crippen LogP contribution >= 0.6 is 0 Å². The van der Waals surface area contributed by atoms with Gasteiger partial charge in [-0.15, -0.1) is 0 Å². The highest BCUT2D eigenvalue weighted by molar-refractivity contribution is 5.53. The molecule has 14 heavy (non-hydrogen) atoms. The molecule has 0 radical (unpaired) electrons. The lowest BCUT2D eigenvalue weighted by Crippen LogP contribution is -2.24. The van der Waals surface area contributed by atoms with Gasteiger partial charge in [-0.25, -0.2) is 9.97 Å². The van der Waals surface area contributed by atoms with Crippen LogP contribution in [0.15, 0.2) is 36.8 Å². The monoisotopic (exact) mass is 188 g/mol. The summed E-state index contributed by atoms with van der Waals surface area (Å²) in [5, 5.41) is 11.0. The molecule has 0 atom stereocenters. The first-order chi connectivity index (χ1) is 6.75. The Morgan fingerprint density at radius 3 is 2.93 bits per heavy atom. The van der Waals surface area contributed by atoms with Crippen LogP contribution in [0.1, 0.15) is 0 Å². The van der Waals surface area contributed by atoms with E-state index in [0.29, 0.717) is 21.9 Å². The van der Waals surface area contributed by atoms with Crippen molar-refractivity contribution < 1.29 is 4.73 Å². The Hall–Kier alpha value is -2.17. The number of rotatable bonds is 1. The van der Waals surface area contributed by atoms with Crippen molar-refractivity contribution in [2.75, 3.05) is 5.73 Å². The van der Waals surface area contributed by atoms with Crippen LogP contribution in [-0.2, 0) is 0 Å². The number of nitrogens with zero attached hydrogens (tertiary/aromatic N) is 3. The van der Waals surface area contributed by atoms with Gasteiger partial charge in [-0.2, -0.15) is 4.73 Å². The lowest BCUT2D eigenvalue weighted by molar-refractivity contribution is -0.604. The van der Waals surface area contributed by atoms with Crippen molar-refractivity contribution >= 4 is 5.82 Å². The van der Waals surface area contributed by atoms with E-state index in [0.717, 1.165) is 0 Å². The third-order valence-corrected chi connectivity index (χ3v) is 1.71. The van der Waals surface area contributed by atoms with Crippen LogP contribution in [0.2, 0.25) is 0 Å². The van der Waals surface area contributed by atoms with Crippen LogP contribution in [0.5, 0.6) is 0 Å². The zero-order valence-electron chi connectivity index (χ0n) is 7.29. The van der Waals surface area contributed by atoms with Gasteiger partial charge in [0.1, 0.15) is 5.82 Å². The molecule has 2 aromatic rings. The largest absolute Gasteiger partial charge is 0.619 e. The highest BCUT2D eigenvalue weighted by Gasteiger charge is 2.03. The van der Waals surface area contributed by atoms with E-state index in [1.807, 2.05) is 0 Å². The second-order valence-corrected chi connectivity index (χ2v) is 2.76. The van der Waals surface area contributed by atoms with Gasteiger partial charge in [0.15, 0.2) is 18.2 Å². The highest BCUT2D eigenvalue weighted by atomic mass is 16.5. The summed E-state index contributed by atoms with van der Waals surface area (Å²) in [6.07, 6.45) is 4.35. The van der Waals surface area contributed by atoms with Crippen molar-refractivity contribution in [2.24, 2.45) is 0 Å². The van der Waals surface area contributed by atoms with Gasteiger partial charge in [0.25, 0.3) is 0 Å². The van der Waals surface area contributed by atoms with E-state index in [1.165, 1.54) is 12.4 Å². The molecule has 2 N–H and O–H groups in total. The smallest absolute Gasteiger partial charge is 0.191 e. The van der Waals surface area contributed by atoms with E-state index >= 15 is 0 Å². The molecule has 0 bridgehead atoms. The van der Waals surface area contributed by atoms with E-state index in [1.54, 1.807) is 24.4 Å². The quantitative estimate of drug-likeness (QED) is 0.517. The maximum absolute atomic E-state index is 11.0. The molecule has 0 aliphatic carbocycles. The molecule has 0 saturated heterocycles. The highest BCUT2D eigenvalue weighted by Crippen LogP contribution is 2.11. The fraction of sp³-hybridized carbons (Fsp3) is 0. The van der Waals surface area contributed by atoms with Crippen LogP contribution in [0.25, 0.3) is 11.4 Å². The molecule has 2 aromatic heterocycles. The third-order valence-electron chi connectivity index (χ3n) is 1.71. The minimum atomic E-state index is 0.385. The normalized spacial score (nSPS) is 10.0. The predicted octanol–water partition coefficient (Wildman–Crippen LogP) is 0.359. The Morgan fingerprint density at radius 1 is 1.36 bits per heavy atom. The van der Waals surface area contributed by atoms with E-state index in [2.05, 4.69) is 9.97 Å². The van der Waals surface area contributed by atoms with Crippen molar-refractivity contribution in [3.63, 3.8) is 0 Å². The lowest BCUT2D eigenvalue weighted by atomic mass is 10.3. The first kappa shape index (κ1) is 8.43. The SMILES string of the molecule is Nc1ccnc(-c2ccc[n+]([O-])c2)n1. The number of anilines is 1. The molecule has 2 rings (SSSR count). The molecule has 0 aromatic carbocycles. The molecule has 0 aliphatic rings. The summed E-state index contributed by atoms with van der Waals surface area (Å²) < 4.78 is 0.696. The van der Waals surface area contributed by atoms with E-state index in [9.17, 15) is 5.21 Å². The summed E-state index contributed by atoms with van der Waals surface area (Å²) in [6, 6.07) is 4.98. The van der Waals surface area contributed by atoms with Crippen LogP contribution in [-0.4, -0.2) is 9.97 Å². The predicted molar refractivity (Wildman–Crippen MR) is 50.8 cm³/mol. The van der Waals surface area contributed by atoms with Crippen LogP contribution < -0.4 is 10.5 Å². The first-order valence-electron chi connectivity index (χ1n) is 4.03. The average molecular weight is 188 g/mol. The number of nitrogen functional groups attached to an aromatic ring is 1. The molecule has 5 nitrogen and oxygen atoms in total. The van der Waals surface area contributed by atoms with Gasteiger partial charge < -0.3 is 10.9 Å². The maximum Gasteiger partial charge on any atom is 0.191 e. The zero-order valence-corrected chi connectivity index (χ0v) is 7.29. The molecule has 2 heterocycles. The number of nitrogens with two attached hydrogens (primary N) is 1. The van der Waals surface area contributed by atoms with Crippen molar-refractivity contribution in [1.29, 1.82) is 0 Å². The van der Waals surface area contributed by atoms with Gasteiger partial charge in [0, 0.05) is 12.3 Å². The summed E-state index contributed by atoms with van der Waals surface area (Å²) in [4.78, 5) is 8.01. The van der Waals surface area contributed by atoms with Crippen LogP contribution in [0, 0.1) is 5.21 Å². The number of aromatic nitrogens is 3. The Kier molecular flexibility index (Phi) is 1.98. The second kappa shape index (κ2) is 3.29. The molecular formula is C9H8N4O. The molecule has 70 valence electrons. The molecule has 0 spiro atoms. The van der Waals surface area contributed by atoms with Gasteiger partial charge in [0.2, 0.25) is 0 Å². The average Bonchev–Trinajstić information content (AvgIpc) is 2.18. The van der Waals surface area contributed by atoms with Gasteiger partial charge in [0.05, 0.1) is 5.56 Å². The Morgan fingerprint density at radius 2 is 2.21 bits per heavy atom. The van der Waals surface area contributed by atoms with Gasteiger partial charge >= 0.3 is 0 Å². The summed E-state index contributed by atoms with van der Waals surface area (Å²) in [7, 11) is 0. The fourth-order valence-electron chi connectivity index (χ4n) is 1.10. The third kappa shape index (κ3) is 1.61. The zero-order chi connectivity index (χ0) is 9.97. The second-order valence-electron chi connectivity index (χ2n) is 2.76. The van der Waals surface area contributed by atoms with E-state index in [-0.39, 0.29) is 0 Å². The number of hydrogen-bond donors (Lipinski definition) is 1. The minimum absolute atomic E-state index is 0.385. The topological polar surface area (TPSA) is 78.7 Å². The van der Waals surface area contributed by atoms with E-state index in [4.69, 9.17) is 5.73 Å². The number of hydrogen-bond acceptors (Lipinski definition) is 4. The minimum Gasteiger partial charge on any atom is -0.619 e. The lowest BCUT2D eigenvalue weighted by Gasteiger charge is -2.00. The molecular weight excluding hydrogens is 180 g/mol. The van der Waals surface area contributed by atoms with Crippen molar-refractivity contribution in [1.82, 2.24) is 9.97 Å². The molecule has 0 unspecified atom stereocenters. The van der Waals surface area contributed by atoms with Gasteiger partial charge in [-0.1, -0.05) is 0 Å².